The van der Waals surface area contributed by atoms with Crippen molar-refractivity contribution >= 4 is 22.5 Å². The number of benzene rings is 3. The molecule has 3 aromatic carbocycles. The van der Waals surface area contributed by atoms with Crippen molar-refractivity contribution in [1.29, 1.82) is 0 Å². The molecule has 0 saturated carbocycles. The van der Waals surface area contributed by atoms with E-state index in [-0.39, 0.29) is 11.9 Å². The second kappa shape index (κ2) is 12.6. The summed E-state index contributed by atoms with van der Waals surface area (Å²) in [6.45, 7) is 5.41. The number of H-pyrrole nitrogens is 1. The zero-order valence-electron chi connectivity index (χ0n) is 22.0. The molecule has 1 aromatic heterocycles. The summed E-state index contributed by atoms with van der Waals surface area (Å²) in [4.78, 5) is 21.2. The number of carbonyl (C=O) groups excluding carboxylic acids is 1. The van der Waals surface area contributed by atoms with Crippen LogP contribution in [0.4, 0.5) is 5.69 Å². The van der Waals surface area contributed by atoms with E-state index in [1.54, 1.807) is 7.11 Å². The third kappa shape index (κ3) is 6.73. The monoisotopic (exact) mass is 511 g/mol. The summed E-state index contributed by atoms with van der Waals surface area (Å²) in [5.74, 6) is 0.923. The average molecular weight is 512 g/mol. The number of para-hydroxylation sites is 2. The van der Waals surface area contributed by atoms with Crippen LogP contribution in [0.15, 0.2) is 85.1 Å². The van der Waals surface area contributed by atoms with Crippen molar-refractivity contribution in [2.75, 3.05) is 51.3 Å². The highest BCUT2D eigenvalue weighted by atomic mass is 16.5. The molecule has 38 heavy (non-hydrogen) atoms. The summed E-state index contributed by atoms with van der Waals surface area (Å²) in [5, 5.41) is 8.07. The summed E-state index contributed by atoms with van der Waals surface area (Å²) in [6, 6.07) is 26.8. The molecule has 1 aliphatic heterocycles. The Kier molecular flexibility index (Phi) is 8.58. The smallest absolute Gasteiger partial charge is 0.234 e. The number of hydrogen-bond acceptors (Lipinski definition) is 5. The van der Waals surface area contributed by atoms with Crippen molar-refractivity contribution in [3.8, 4) is 5.75 Å². The first kappa shape index (κ1) is 25.8. The van der Waals surface area contributed by atoms with Crippen molar-refractivity contribution in [1.82, 2.24) is 20.5 Å². The number of anilines is 1. The second-order valence-electron chi connectivity index (χ2n) is 9.91. The fourth-order valence-electron chi connectivity index (χ4n) is 5.19. The molecule has 1 saturated heterocycles. The normalized spacial score (nSPS) is 14.9. The van der Waals surface area contributed by atoms with E-state index in [0.717, 1.165) is 49.4 Å². The highest BCUT2D eigenvalue weighted by Crippen LogP contribution is 2.20. The topological polar surface area (TPSA) is 72.6 Å². The van der Waals surface area contributed by atoms with Crippen LogP contribution in [-0.2, 0) is 17.8 Å². The van der Waals surface area contributed by atoms with E-state index < -0.39 is 0 Å². The van der Waals surface area contributed by atoms with Gasteiger partial charge in [-0.1, -0.05) is 48.5 Å². The Bertz CT molecular complexity index is 1310. The van der Waals surface area contributed by atoms with Gasteiger partial charge in [-0.05, 0) is 47.9 Å². The third-order valence-electron chi connectivity index (χ3n) is 7.22. The van der Waals surface area contributed by atoms with Crippen LogP contribution >= 0.6 is 0 Å². The van der Waals surface area contributed by atoms with Gasteiger partial charge >= 0.3 is 0 Å². The standard InChI is InChI=1S/C31H37N5O2/c1-38-28-11-7-8-24(18-28)20-32-22-26(19-25-21-33-30-13-6-5-12-29(25)30)34-31(37)23-35-14-16-36(17-15-35)27-9-3-2-4-10-27/h2-13,18,21,26,32-33H,14-17,19-20,22-23H2,1H3,(H,34,37). The molecule has 198 valence electrons. The Morgan fingerprint density at radius 2 is 1.76 bits per heavy atom. The predicted octanol–water partition coefficient (Wildman–Crippen LogP) is 3.82. The van der Waals surface area contributed by atoms with E-state index in [1.807, 2.05) is 30.3 Å². The molecular weight excluding hydrogens is 474 g/mol. The van der Waals surface area contributed by atoms with E-state index in [1.165, 1.54) is 16.6 Å². The van der Waals surface area contributed by atoms with E-state index in [0.29, 0.717) is 19.6 Å². The second-order valence-corrected chi connectivity index (χ2v) is 9.91. The minimum atomic E-state index is -0.0297. The van der Waals surface area contributed by atoms with Crippen LogP contribution in [-0.4, -0.2) is 68.2 Å². The average Bonchev–Trinajstić information content (AvgIpc) is 3.36. The van der Waals surface area contributed by atoms with Crippen LogP contribution in [0, 0.1) is 0 Å². The Balaban J connectivity index is 1.18. The lowest BCUT2D eigenvalue weighted by atomic mass is 10.0. The number of fused-ring (bicyclic) bond motifs is 1. The maximum absolute atomic E-state index is 13.2. The number of ether oxygens (including phenoxy) is 1. The molecule has 2 heterocycles. The zero-order chi connectivity index (χ0) is 26.2. The van der Waals surface area contributed by atoms with Gasteiger partial charge < -0.3 is 25.3 Å². The molecule has 5 rings (SSSR count). The van der Waals surface area contributed by atoms with E-state index in [2.05, 4.69) is 80.1 Å². The molecule has 0 aliphatic carbocycles. The van der Waals surface area contributed by atoms with E-state index in [4.69, 9.17) is 4.74 Å². The number of amides is 1. The summed E-state index contributed by atoms with van der Waals surface area (Å²) in [7, 11) is 1.68. The van der Waals surface area contributed by atoms with Gasteiger partial charge in [-0.2, -0.15) is 0 Å². The predicted molar refractivity (Wildman–Crippen MR) is 154 cm³/mol. The lowest BCUT2D eigenvalue weighted by Gasteiger charge is -2.36. The quantitative estimate of drug-likeness (QED) is 0.286. The molecule has 7 nitrogen and oxygen atoms in total. The van der Waals surface area contributed by atoms with Gasteiger partial charge in [-0.25, -0.2) is 0 Å². The molecule has 0 spiro atoms. The molecular formula is C31H37N5O2. The molecule has 4 aromatic rings. The molecule has 1 aliphatic rings. The molecule has 3 N–H and O–H groups in total. The van der Waals surface area contributed by atoms with Gasteiger partial charge in [0.1, 0.15) is 5.75 Å². The highest BCUT2D eigenvalue weighted by Gasteiger charge is 2.21. The molecule has 0 radical (unpaired) electrons. The van der Waals surface area contributed by atoms with Gasteiger partial charge in [0.05, 0.1) is 13.7 Å². The van der Waals surface area contributed by atoms with Crippen molar-refractivity contribution < 1.29 is 9.53 Å². The summed E-state index contributed by atoms with van der Waals surface area (Å²) >= 11 is 0. The first-order chi connectivity index (χ1) is 18.7. The lowest BCUT2D eigenvalue weighted by Crippen LogP contribution is -2.52. The minimum Gasteiger partial charge on any atom is -0.497 e. The molecule has 1 atom stereocenters. The van der Waals surface area contributed by atoms with Gasteiger partial charge in [-0.3, -0.25) is 9.69 Å². The number of carbonyl (C=O) groups is 1. The summed E-state index contributed by atoms with van der Waals surface area (Å²) in [5.41, 5.74) is 4.73. The molecule has 7 heteroatoms. The maximum atomic E-state index is 13.2. The van der Waals surface area contributed by atoms with Crippen molar-refractivity contribution in [2.45, 2.75) is 19.0 Å². The van der Waals surface area contributed by atoms with Gasteiger partial charge in [-0.15, -0.1) is 0 Å². The number of methoxy groups -OCH3 is 1. The number of rotatable bonds is 11. The van der Waals surface area contributed by atoms with Crippen LogP contribution in [0.1, 0.15) is 11.1 Å². The first-order valence-electron chi connectivity index (χ1n) is 13.4. The SMILES string of the molecule is COc1cccc(CNCC(Cc2c[nH]c3ccccc23)NC(=O)CN2CCN(c3ccccc3)CC2)c1. The first-order valence-corrected chi connectivity index (χ1v) is 13.4. The van der Waals surface area contributed by atoms with Crippen LogP contribution < -0.4 is 20.3 Å². The van der Waals surface area contributed by atoms with Crippen LogP contribution in [0.25, 0.3) is 10.9 Å². The van der Waals surface area contributed by atoms with Gasteiger partial charge in [0.15, 0.2) is 0 Å². The van der Waals surface area contributed by atoms with Gasteiger partial charge in [0, 0.05) is 68.1 Å². The van der Waals surface area contributed by atoms with Gasteiger partial charge in [0.2, 0.25) is 5.91 Å². The lowest BCUT2D eigenvalue weighted by molar-refractivity contribution is -0.123. The van der Waals surface area contributed by atoms with Crippen molar-refractivity contribution in [2.24, 2.45) is 0 Å². The van der Waals surface area contributed by atoms with Crippen LogP contribution in [0.5, 0.6) is 5.75 Å². The summed E-state index contributed by atoms with van der Waals surface area (Å²) in [6.07, 6.45) is 2.82. The number of nitrogens with zero attached hydrogens (tertiary/aromatic N) is 2. The fourth-order valence-corrected chi connectivity index (χ4v) is 5.19. The molecule has 1 amide bonds. The largest absolute Gasteiger partial charge is 0.497 e. The van der Waals surface area contributed by atoms with Crippen LogP contribution in [0.2, 0.25) is 0 Å². The molecule has 1 unspecified atom stereocenters. The Morgan fingerprint density at radius 3 is 2.58 bits per heavy atom. The van der Waals surface area contributed by atoms with Crippen LogP contribution in [0.3, 0.4) is 0 Å². The number of aromatic nitrogens is 1. The Morgan fingerprint density at radius 1 is 0.974 bits per heavy atom. The maximum Gasteiger partial charge on any atom is 0.234 e. The number of hydrogen-bond donors (Lipinski definition) is 3. The number of nitrogens with one attached hydrogen (secondary N) is 3. The minimum absolute atomic E-state index is 0.0297. The molecule has 0 bridgehead atoms. The summed E-state index contributed by atoms with van der Waals surface area (Å²) < 4.78 is 5.35. The number of piperazine rings is 1. The highest BCUT2D eigenvalue weighted by molar-refractivity contribution is 5.83. The Hall–Kier alpha value is -3.81. The van der Waals surface area contributed by atoms with Crippen molar-refractivity contribution in [3.05, 3.63) is 96.2 Å². The number of aromatic amines is 1. The van der Waals surface area contributed by atoms with E-state index in [9.17, 15) is 4.79 Å². The third-order valence-corrected chi connectivity index (χ3v) is 7.22. The van der Waals surface area contributed by atoms with Gasteiger partial charge in [0.25, 0.3) is 0 Å². The van der Waals surface area contributed by atoms with E-state index >= 15 is 0 Å². The van der Waals surface area contributed by atoms with Crippen molar-refractivity contribution in [3.63, 3.8) is 0 Å². The fraction of sp³-hybridized carbons (Fsp3) is 0.323. The Labute approximate surface area is 224 Å². The zero-order valence-corrected chi connectivity index (χ0v) is 22.0. The molecule has 1 fully saturated rings.